The van der Waals surface area contributed by atoms with Crippen LogP contribution in [0.15, 0.2) is 134 Å². The molecule has 2 spiro atoms. The Morgan fingerprint density at radius 1 is 0.660 bits per heavy atom. The molecule has 1 aliphatic carbocycles. The average molecular weight is 642 g/mol. The molecule has 0 fully saturated rings. The van der Waals surface area contributed by atoms with E-state index in [0.29, 0.717) is 4.70 Å². The number of benzene rings is 5. The summed E-state index contributed by atoms with van der Waals surface area (Å²) >= 11 is 0. The SMILES string of the molecule is Cn1c2[n+](c3ccccc31)[N+]13c4c(cccc4-2)Oc2ccc4c(c21)-n1c2c(cncc2c2ccc[n+]3c21)C41c2ccccc2-c2ccccc21. The molecule has 14 rings (SSSR count). The summed E-state index contributed by atoms with van der Waals surface area (Å²) < 4.78 is 17.3. The molecule has 0 saturated carbocycles. The molecule has 0 amide bonds. The first-order chi connectivity index (χ1) is 24.8. The number of nitrogens with zero attached hydrogens (tertiary/aromatic N) is 6. The molecule has 4 aliphatic heterocycles. The van der Waals surface area contributed by atoms with Crippen molar-refractivity contribution in [1.29, 1.82) is 0 Å². The lowest BCUT2D eigenvalue weighted by atomic mass is 9.65. The first-order valence-corrected chi connectivity index (χ1v) is 17.2. The van der Waals surface area contributed by atoms with Crippen LogP contribution in [-0.4, -0.2) is 14.1 Å². The lowest BCUT2D eigenvalue weighted by molar-refractivity contribution is -1.01. The molecule has 0 N–H and O–H groups in total. The summed E-state index contributed by atoms with van der Waals surface area (Å²) in [6.45, 7) is 0. The molecule has 9 aromatic rings. The second kappa shape index (κ2) is 7.52. The Morgan fingerprint density at radius 2 is 1.42 bits per heavy atom. The number of imidazole rings is 1. The molecule has 8 heterocycles. The summed E-state index contributed by atoms with van der Waals surface area (Å²) in [7, 11) is 2.19. The van der Waals surface area contributed by atoms with Gasteiger partial charge in [0.2, 0.25) is 17.0 Å². The van der Waals surface area contributed by atoms with Crippen LogP contribution in [0.2, 0.25) is 0 Å². The summed E-state index contributed by atoms with van der Waals surface area (Å²) in [5.41, 5.74) is 16.3. The maximum Gasteiger partial charge on any atom is 0.352 e. The Morgan fingerprint density at radius 3 is 2.28 bits per heavy atom. The quantitative estimate of drug-likeness (QED) is 0.125. The highest BCUT2D eigenvalue weighted by atomic mass is 16.5. The third-order valence-corrected chi connectivity index (χ3v) is 12.4. The number of hydrogen-bond acceptors (Lipinski definition) is 2. The minimum atomic E-state index is -0.577. The second-order valence-electron chi connectivity index (χ2n) is 14.2. The molecular weight excluding hydrogens is 617 g/mol. The number of aromatic nitrogens is 5. The zero-order chi connectivity index (χ0) is 32.2. The van der Waals surface area contributed by atoms with Gasteiger partial charge in [-0.3, -0.25) is 4.98 Å². The van der Waals surface area contributed by atoms with Gasteiger partial charge in [-0.05, 0) is 75.5 Å². The van der Waals surface area contributed by atoms with Crippen LogP contribution in [-0.2, 0) is 12.5 Å². The van der Waals surface area contributed by atoms with Crippen molar-refractivity contribution >= 4 is 44.3 Å². The Kier molecular flexibility index (Phi) is 3.69. The molecule has 50 heavy (non-hydrogen) atoms. The third kappa shape index (κ3) is 2.15. The molecule has 1 atom stereocenters. The first-order valence-electron chi connectivity index (χ1n) is 17.2. The van der Waals surface area contributed by atoms with Crippen molar-refractivity contribution < 1.29 is 14.1 Å². The van der Waals surface area contributed by atoms with E-state index in [0.717, 1.165) is 45.2 Å². The van der Waals surface area contributed by atoms with Gasteiger partial charge in [0.25, 0.3) is 5.69 Å². The van der Waals surface area contributed by atoms with Gasteiger partial charge in [0, 0.05) is 28.2 Å². The predicted octanol–water partition coefficient (Wildman–Crippen LogP) is 7.89. The highest BCUT2D eigenvalue weighted by Crippen LogP contribution is 2.66. The first kappa shape index (κ1) is 24.6. The zero-order valence-electron chi connectivity index (χ0n) is 26.8. The van der Waals surface area contributed by atoms with E-state index < -0.39 is 5.41 Å². The third-order valence-electron chi connectivity index (χ3n) is 12.4. The maximum absolute atomic E-state index is 7.05. The Labute approximate surface area is 284 Å². The van der Waals surface area contributed by atoms with Crippen LogP contribution in [0.4, 0.5) is 11.4 Å². The largest absolute Gasteiger partial charge is 0.444 e. The standard InChI is InChI=1S/C43H25N6O/c1-45-33-16-6-7-17-34(33)48-41(45)27-12-8-18-35-39(27)49(48)40-36(50-35)20-19-31-38(40)47-37-28(26-13-9-21-46(49)42(26)47)22-44-23-32(37)43(31)29-14-4-2-10-24(29)25-11-3-5-15-30(25)43/h2-23H,1H3/q+3. The monoisotopic (exact) mass is 641 g/mol. The van der Waals surface area contributed by atoms with Crippen molar-refractivity contribution in [1.82, 2.24) is 18.8 Å². The van der Waals surface area contributed by atoms with E-state index in [4.69, 9.17) is 9.72 Å². The fraction of sp³-hybridized carbons (Fsp3) is 0.0465. The molecule has 5 aliphatic rings. The summed E-state index contributed by atoms with van der Waals surface area (Å²) in [6.07, 6.45) is 6.47. The predicted molar refractivity (Wildman–Crippen MR) is 191 cm³/mol. The molecule has 230 valence electrons. The van der Waals surface area contributed by atoms with Crippen LogP contribution in [0.1, 0.15) is 22.3 Å². The van der Waals surface area contributed by atoms with E-state index in [9.17, 15) is 0 Å². The lowest BCUT2D eigenvalue weighted by Crippen LogP contribution is -2.84. The number of hydrogen-bond donors (Lipinski definition) is 0. The van der Waals surface area contributed by atoms with Crippen molar-refractivity contribution in [3.8, 4) is 39.7 Å². The Hall–Kier alpha value is -6.57. The van der Waals surface area contributed by atoms with E-state index in [1.165, 1.54) is 61.1 Å². The number of aryl methyl sites for hydroxylation is 1. The molecule has 7 nitrogen and oxygen atoms in total. The van der Waals surface area contributed by atoms with Crippen molar-refractivity contribution in [2.75, 3.05) is 0 Å². The minimum Gasteiger partial charge on any atom is -0.444 e. The molecule has 4 aromatic heterocycles. The van der Waals surface area contributed by atoms with E-state index in [1.807, 2.05) is 0 Å². The number of quaternary nitrogens is 1. The fourth-order valence-electron chi connectivity index (χ4n) is 10.8. The number of ether oxygens (including phenoxy) is 1. The lowest BCUT2D eigenvalue weighted by Gasteiger charge is -2.40. The van der Waals surface area contributed by atoms with E-state index in [1.54, 1.807) is 0 Å². The number of pyridine rings is 2. The van der Waals surface area contributed by atoms with Crippen molar-refractivity contribution in [2.45, 2.75) is 5.41 Å². The summed E-state index contributed by atoms with van der Waals surface area (Å²) in [4.78, 5) is 5.04. The van der Waals surface area contributed by atoms with Gasteiger partial charge in [-0.15, -0.1) is 0 Å². The summed E-state index contributed by atoms with van der Waals surface area (Å²) in [6, 6.07) is 42.3. The Balaban J connectivity index is 1.32. The van der Waals surface area contributed by atoms with Gasteiger partial charge in [0.15, 0.2) is 17.5 Å². The van der Waals surface area contributed by atoms with Gasteiger partial charge in [0.1, 0.15) is 11.1 Å². The van der Waals surface area contributed by atoms with E-state index in [2.05, 4.69) is 159 Å². The van der Waals surface area contributed by atoms with Gasteiger partial charge >= 0.3 is 17.2 Å². The molecule has 5 aromatic carbocycles. The van der Waals surface area contributed by atoms with E-state index in [-0.39, 0.29) is 0 Å². The van der Waals surface area contributed by atoms with Gasteiger partial charge in [-0.2, -0.15) is 4.57 Å². The zero-order valence-corrected chi connectivity index (χ0v) is 26.8. The molecule has 0 bridgehead atoms. The van der Waals surface area contributed by atoms with Gasteiger partial charge in [-0.1, -0.05) is 66.7 Å². The average Bonchev–Trinajstić information content (AvgIpc) is 3.86. The van der Waals surface area contributed by atoms with Crippen molar-refractivity contribution in [3.63, 3.8) is 0 Å². The van der Waals surface area contributed by atoms with Crippen LogP contribution in [0.3, 0.4) is 0 Å². The van der Waals surface area contributed by atoms with Crippen LogP contribution >= 0.6 is 0 Å². The smallest absolute Gasteiger partial charge is 0.352 e. The molecule has 0 saturated heterocycles. The Bertz CT molecular complexity index is 3120. The van der Waals surface area contributed by atoms with Crippen molar-refractivity contribution in [2.24, 2.45) is 7.05 Å². The molecule has 1 unspecified atom stereocenters. The van der Waals surface area contributed by atoms with Gasteiger partial charge in [0.05, 0.1) is 27.9 Å². The van der Waals surface area contributed by atoms with Crippen LogP contribution in [0, 0.1) is 0 Å². The fourth-order valence-corrected chi connectivity index (χ4v) is 10.8. The summed E-state index contributed by atoms with van der Waals surface area (Å²) in [5, 5.41) is 2.34. The number of fused-ring (bicyclic) bond motifs is 12. The van der Waals surface area contributed by atoms with Crippen molar-refractivity contribution in [3.05, 3.63) is 156 Å². The normalized spacial score (nSPS) is 18.1. The van der Waals surface area contributed by atoms with E-state index >= 15 is 0 Å². The highest BCUT2D eigenvalue weighted by Gasteiger charge is 2.71. The number of rotatable bonds is 0. The summed E-state index contributed by atoms with van der Waals surface area (Å²) in [5.74, 6) is 2.89. The molecule has 0 radical (unpaired) electrons. The van der Waals surface area contributed by atoms with Crippen LogP contribution < -0.4 is 18.8 Å². The second-order valence-corrected chi connectivity index (χ2v) is 14.2. The maximum atomic E-state index is 7.05. The van der Waals surface area contributed by atoms with Gasteiger partial charge in [-0.25, -0.2) is 4.57 Å². The molecule has 7 heteroatoms. The number of para-hydroxylation sites is 3. The van der Waals surface area contributed by atoms with Crippen LogP contribution in [0.25, 0.3) is 61.2 Å². The minimum absolute atomic E-state index is 0.330. The topological polar surface area (TPSA) is 39.7 Å². The molecular formula is C43H25N6O+3. The highest BCUT2D eigenvalue weighted by molar-refractivity contribution is 6.12. The van der Waals surface area contributed by atoms with Crippen LogP contribution in [0.5, 0.6) is 11.5 Å². The van der Waals surface area contributed by atoms with Gasteiger partial charge < -0.3 is 4.74 Å².